The quantitative estimate of drug-likeness (QED) is 0.430. The maximum Gasteiger partial charge on any atom is 0.224 e. The Labute approximate surface area is 170 Å². The summed E-state index contributed by atoms with van der Waals surface area (Å²) in [5.74, 6) is 2.14. The molecule has 0 heterocycles. The summed E-state index contributed by atoms with van der Waals surface area (Å²) in [6.07, 6.45) is 0.437. The van der Waals surface area contributed by atoms with Gasteiger partial charge in [-0.25, -0.2) is 4.99 Å². The summed E-state index contributed by atoms with van der Waals surface area (Å²) >= 11 is 3.55. The van der Waals surface area contributed by atoms with Crippen LogP contribution in [0.15, 0.2) is 21.6 Å². The highest BCUT2D eigenvalue weighted by molar-refractivity contribution is 9.10. The fourth-order valence-corrected chi connectivity index (χ4v) is 2.99. The smallest absolute Gasteiger partial charge is 0.224 e. The minimum atomic E-state index is 0.144. The predicted molar refractivity (Wildman–Crippen MR) is 113 cm³/mol. The van der Waals surface area contributed by atoms with E-state index in [1.807, 2.05) is 37.8 Å². The number of hydrogen-bond acceptors (Lipinski definition) is 4. The average molecular weight is 443 g/mol. The number of carbonyl (C=O) groups is 1. The molecule has 0 radical (unpaired) electrons. The molecule has 1 rings (SSSR count). The summed E-state index contributed by atoms with van der Waals surface area (Å²) in [5, 5.41) is 6.41. The molecular formula is C19H31BrN4O3. The summed E-state index contributed by atoms with van der Waals surface area (Å²) in [6, 6.07) is 3.77. The molecule has 0 bridgehead atoms. The lowest BCUT2D eigenvalue weighted by molar-refractivity contribution is -0.130. The zero-order valence-corrected chi connectivity index (χ0v) is 18.5. The van der Waals surface area contributed by atoms with Gasteiger partial charge in [0.1, 0.15) is 0 Å². The molecule has 0 spiro atoms. The predicted octanol–water partition coefficient (Wildman–Crippen LogP) is 2.78. The van der Waals surface area contributed by atoms with Crippen molar-refractivity contribution in [2.45, 2.75) is 33.7 Å². The molecule has 7 nitrogen and oxygen atoms in total. The van der Waals surface area contributed by atoms with E-state index in [4.69, 9.17) is 9.47 Å². The lowest BCUT2D eigenvalue weighted by Gasteiger charge is -2.19. The SMILES string of the molecule is CCNC(=NCc1cc(OC)c(OC)cc1Br)NCCC(=O)N(CC)CC. The Kier molecular flexibility index (Phi) is 10.6. The third-order valence-corrected chi connectivity index (χ3v) is 4.79. The highest BCUT2D eigenvalue weighted by Crippen LogP contribution is 2.33. The van der Waals surface area contributed by atoms with Gasteiger partial charge in [0.15, 0.2) is 17.5 Å². The Hall–Kier alpha value is -1.96. The Morgan fingerprint density at radius 1 is 1.11 bits per heavy atom. The van der Waals surface area contributed by atoms with Crippen LogP contribution < -0.4 is 20.1 Å². The molecule has 2 N–H and O–H groups in total. The topological polar surface area (TPSA) is 75.2 Å². The number of halogens is 1. The number of guanidine groups is 1. The van der Waals surface area contributed by atoms with Gasteiger partial charge in [0.05, 0.1) is 20.8 Å². The van der Waals surface area contributed by atoms with Crippen LogP contribution in [0.4, 0.5) is 0 Å². The number of nitrogens with one attached hydrogen (secondary N) is 2. The molecule has 8 heteroatoms. The van der Waals surface area contributed by atoms with Crippen molar-refractivity contribution in [2.75, 3.05) is 40.4 Å². The molecule has 27 heavy (non-hydrogen) atoms. The maximum atomic E-state index is 12.1. The molecule has 1 aromatic carbocycles. The molecule has 0 atom stereocenters. The van der Waals surface area contributed by atoms with Crippen LogP contribution in [-0.2, 0) is 11.3 Å². The van der Waals surface area contributed by atoms with Gasteiger partial charge in [-0.1, -0.05) is 15.9 Å². The van der Waals surface area contributed by atoms with Crippen LogP contribution in [0.5, 0.6) is 11.5 Å². The first-order valence-corrected chi connectivity index (χ1v) is 10.00. The molecule has 0 aliphatic carbocycles. The summed E-state index contributed by atoms with van der Waals surface area (Å²) in [4.78, 5) is 18.5. The summed E-state index contributed by atoms with van der Waals surface area (Å²) in [7, 11) is 3.21. The average Bonchev–Trinajstić information content (AvgIpc) is 2.67. The molecule has 0 aliphatic heterocycles. The van der Waals surface area contributed by atoms with Crippen LogP contribution in [0.1, 0.15) is 32.8 Å². The van der Waals surface area contributed by atoms with Crippen LogP contribution in [0.3, 0.4) is 0 Å². The van der Waals surface area contributed by atoms with Crippen molar-refractivity contribution >= 4 is 27.8 Å². The zero-order chi connectivity index (χ0) is 20.2. The van der Waals surface area contributed by atoms with Gasteiger partial charge in [-0.3, -0.25) is 4.79 Å². The third kappa shape index (κ3) is 7.28. The van der Waals surface area contributed by atoms with E-state index < -0.39 is 0 Å². The number of hydrogen-bond donors (Lipinski definition) is 2. The molecule has 1 aromatic rings. The Morgan fingerprint density at radius 2 is 1.74 bits per heavy atom. The van der Waals surface area contributed by atoms with Gasteiger partial charge in [-0.05, 0) is 38.5 Å². The van der Waals surface area contributed by atoms with Crippen molar-refractivity contribution in [1.82, 2.24) is 15.5 Å². The molecule has 0 aliphatic rings. The van der Waals surface area contributed by atoms with Crippen molar-refractivity contribution in [3.8, 4) is 11.5 Å². The minimum absolute atomic E-state index is 0.144. The first-order chi connectivity index (χ1) is 13.0. The minimum Gasteiger partial charge on any atom is -0.493 e. The largest absolute Gasteiger partial charge is 0.493 e. The van der Waals surface area contributed by atoms with E-state index in [0.717, 1.165) is 29.7 Å². The standard InChI is InChI=1S/C19H31BrN4O3/c1-6-21-19(22-10-9-18(25)24(7-2)8-3)23-13-14-11-16(26-4)17(27-5)12-15(14)20/h11-12H,6-10,13H2,1-5H3,(H2,21,22,23). The van der Waals surface area contributed by atoms with Gasteiger partial charge in [0.2, 0.25) is 5.91 Å². The fourth-order valence-electron chi connectivity index (χ4n) is 2.55. The van der Waals surface area contributed by atoms with E-state index in [1.165, 1.54) is 0 Å². The van der Waals surface area contributed by atoms with E-state index in [9.17, 15) is 4.79 Å². The molecule has 0 unspecified atom stereocenters. The first-order valence-electron chi connectivity index (χ1n) is 9.20. The van der Waals surface area contributed by atoms with Crippen molar-refractivity contribution in [3.05, 3.63) is 22.2 Å². The van der Waals surface area contributed by atoms with Gasteiger partial charge in [0.25, 0.3) is 0 Å². The van der Waals surface area contributed by atoms with Crippen LogP contribution in [0.25, 0.3) is 0 Å². The summed E-state index contributed by atoms with van der Waals surface area (Å²) in [6.45, 7) is 9.18. The molecular weight excluding hydrogens is 412 g/mol. The molecule has 152 valence electrons. The van der Waals surface area contributed by atoms with Crippen molar-refractivity contribution in [3.63, 3.8) is 0 Å². The Balaban J connectivity index is 2.75. The lowest BCUT2D eigenvalue weighted by atomic mass is 10.2. The second kappa shape index (κ2) is 12.4. The fraction of sp³-hybridized carbons (Fsp3) is 0.579. The highest BCUT2D eigenvalue weighted by Gasteiger charge is 2.11. The van der Waals surface area contributed by atoms with Gasteiger partial charge >= 0.3 is 0 Å². The van der Waals surface area contributed by atoms with Crippen LogP contribution in [-0.4, -0.2) is 57.2 Å². The molecule has 0 saturated heterocycles. The number of aliphatic imine (C=N–C) groups is 1. The van der Waals surface area contributed by atoms with Crippen LogP contribution in [0.2, 0.25) is 0 Å². The van der Waals surface area contributed by atoms with Gasteiger partial charge in [-0.2, -0.15) is 0 Å². The number of methoxy groups -OCH3 is 2. The first kappa shape index (κ1) is 23.1. The van der Waals surface area contributed by atoms with E-state index >= 15 is 0 Å². The third-order valence-electron chi connectivity index (χ3n) is 4.05. The second-order valence-electron chi connectivity index (χ2n) is 5.74. The van der Waals surface area contributed by atoms with E-state index in [1.54, 1.807) is 14.2 Å². The summed E-state index contributed by atoms with van der Waals surface area (Å²) in [5.41, 5.74) is 0.976. The maximum absolute atomic E-state index is 12.1. The number of ether oxygens (including phenoxy) is 2. The lowest BCUT2D eigenvalue weighted by Crippen LogP contribution is -2.40. The van der Waals surface area contributed by atoms with E-state index in [0.29, 0.717) is 37.0 Å². The van der Waals surface area contributed by atoms with Crippen molar-refractivity contribution < 1.29 is 14.3 Å². The van der Waals surface area contributed by atoms with Gasteiger partial charge in [0, 0.05) is 37.1 Å². The number of rotatable bonds is 10. The van der Waals surface area contributed by atoms with E-state index in [-0.39, 0.29) is 5.91 Å². The molecule has 0 fully saturated rings. The van der Waals surface area contributed by atoms with Crippen LogP contribution in [0, 0.1) is 0 Å². The number of carbonyl (C=O) groups excluding carboxylic acids is 1. The van der Waals surface area contributed by atoms with Crippen molar-refractivity contribution in [2.24, 2.45) is 4.99 Å². The zero-order valence-electron chi connectivity index (χ0n) is 16.9. The number of amides is 1. The second-order valence-corrected chi connectivity index (χ2v) is 6.59. The van der Waals surface area contributed by atoms with Gasteiger partial charge < -0.3 is 25.0 Å². The monoisotopic (exact) mass is 442 g/mol. The highest BCUT2D eigenvalue weighted by atomic mass is 79.9. The van der Waals surface area contributed by atoms with Crippen LogP contribution >= 0.6 is 15.9 Å². The molecule has 0 aromatic heterocycles. The normalized spacial score (nSPS) is 11.1. The number of nitrogens with zero attached hydrogens (tertiary/aromatic N) is 2. The van der Waals surface area contributed by atoms with Crippen molar-refractivity contribution in [1.29, 1.82) is 0 Å². The Morgan fingerprint density at radius 3 is 2.30 bits per heavy atom. The molecule has 0 saturated carbocycles. The number of benzene rings is 1. The molecule has 1 amide bonds. The summed E-state index contributed by atoms with van der Waals surface area (Å²) < 4.78 is 11.6. The van der Waals surface area contributed by atoms with Gasteiger partial charge in [-0.15, -0.1) is 0 Å². The Bertz CT molecular complexity index is 634. The van der Waals surface area contributed by atoms with E-state index in [2.05, 4.69) is 31.6 Å².